The van der Waals surface area contributed by atoms with Crippen molar-refractivity contribution in [3.63, 3.8) is 0 Å². The van der Waals surface area contributed by atoms with Crippen LogP contribution in [0.3, 0.4) is 0 Å². The number of carbonyl (C=O) groups excluding carboxylic acids is 1. The number of halogens is 1. The van der Waals surface area contributed by atoms with Gasteiger partial charge >= 0.3 is 0 Å². The molecular formula is C5H10BrNOS. The predicted octanol–water partition coefficient (Wildman–Crippen LogP) is 0.773. The smallest absolute Gasteiger partial charge is 0.202 e. The van der Waals surface area contributed by atoms with Crippen LogP contribution in [-0.4, -0.2) is 17.7 Å². The van der Waals surface area contributed by atoms with Gasteiger partial charge in [-0.2, -0.15) is 0 Å². The van der Waals surface area contributed by atoms with Crippen molar-refractivity contribution in [1.29, 1.82) is 0 Å². The van der Waals surface area contributed by atoms with Crippen molar-refractivity contribution >= 4 is 34.7 Å². The Balaban J connectivity index is 0.000000640. The van der Waals surface area contributed by atoms with Gasteiger partial charge in [-0.3, -0.25) is 4.79 Å². The molecule has 0 aliphatic carbocycles. The Hall–Kier alpha value is 0.460. The van der Waals surface area contributed by atoms with E-state index in [1.165, 1.54) is 0 Å². The third-order valence-corrected chi connectivity index (χ3v) is 1.67. The van der Waals surface area contributed by atoms with Gasteiger partial charge in [0.15, 0.2) is 0 Å². The lowest BCUT2D eigenvalue weighted by Crippen LogP contribution is -2.26. The van der Waals surface area contributed by atoms with Crippen molar-refractivity contribution < 1.29 is 4.79 Å². The highest BCUT2D eigenvalue weighted by molar-refractivity contribution is 8.93. The second-order valence-electron chi connectivity index (χ2n) is 1.99. The fourth-order valence-corrected chi connectivity index (χ4v) is 1.12. The van der Waals surface area contributed by atoms with Gasteiger partial charge in [0.1, 0.15) is 0 Å². The molecule has 9 heavy (non-hydrogen) atoms. The van der Waals surface area contributed by atoms with Crippen molar-refractivity contribution in [3.8, 4) is 0 Å². The number of hydrogen-bond acceptors (Lipinski definition) is 2. The van der Waals surface area contributed by atoms with Gasteiger partial charge < -0.3 is 5.32 Å². The van der Waals surface area contributed by atoms with Gasteiger partial charge in [-0.15, -0.1) is 29.6 Å². The average molecular weight is 212 g/mol. The van der Waals surface area contributed by atoms with Gasteiger partial charge in [-0.25, -0.2) is 0 Å². The van der Waals surface area contributed by atoms with E-state index < -0.39 is 0 Å². The van der Waals surface area contributed by atoms with Gasteiger partial charge in [0.05, 0.1) is 6.04 Å². The van der Waals surface area contributed by atoms with E-state index in [0.29, 0.717) is 0 Å². The number of thiol groups is 1. The Bertz CT molecular complexity index is 103. The molecule has 1 rings (SSSR count). The quantitative estimate of drug-likeness (QED) is 0.628. The lowest BCUT2D eigenvalue weighted by atomic mass is 10.2. The molecule has 4 heteroatoms. The van der Waals surface area contributed by atoms with Gasteiger partial charge in [0, 0.05) is 0 Å². The van der Waals surface area contributed by atoms with Crippen LogP contribution in [-0.2, 0) is 4.79 Å². The summed E-state index contributed by atoms with van der Waals surface area (Å²) < 4.78 is 0. The summed E-state index contributed by atoms with van der Waals surface area (Å²) in [7, 11) is 0. The van der Waals surface area contributed by atoms with Crippen molar-refractivity contribution in [1.82, 2.24) is 5.32 Å². The summed E-state index contributed by atoms with van der Waals surface area (Å²) in [5, 5.41) is 3.00. The monoisotopic (exact) mass is 211 g/mol. The van der Waals surface area contributed by atoms with E-state index >= 15 is 0 Å². The lowest BCUT2D eigenvalue weighted by Gasteiger charge is -2.00. The molecule has 1 aliphatic heterocycles. The minimum absolute atomic E-state index is 0. The van der Waals surface area contributed by atoms with E-state index in [0.717, 1.165) is 19.4 Å². The number of nitrogens with one attached hydrogen (secondary N) is 1. The highest BCUT2D eigenvalue weighted by atomic mass is 79.9. The molecule has 0 radical (unpaired) electrons. The summed E-state index contributed by atoms with van der Waals surface area (Å²) in [5.74, 6) is 0. The number of hydrogen-bond donors (Lipinski definition) is 2. The van der Waals surface area contributed by atoms with Crippen molar-refractivity contribution in [2.45, 2.75) is 18.9 Å². The first-order chi connectivity index (χ1) is 3.80. The summed E-state index contributed by atoms with van der Waals surface area (Å²) in [6, 6.07) is 0.0401. The maximum Gasteiger partial charge on any atom is 0.202 e. The van der Waals surface area contributed by atoms with Crippen LogP contribution in [0.15, 0.2) is 0 Å². The van der Waals surface area contributed by atoms with E-state index in [1.54, 1.807) is 0 Å². The first-order valence-corrected chi connectivity index (χ1v) is 3.21. The summed E-state index contributed by atoms with van der Waals surface area (Å²) in [4.78, 5) is 10.4. The van der Waals surface area contributed by atoms with Crippen LogP contribution in [0.25, 0.3) is 0 Å². The zero-order chi connectivity index (χ0) is 5.98. The molecule has 1 atom stereocenters. The molecule has 0 aromatic carbocycles. The Morgan fingerprint density at radius 3 is 2.56 bits per heavy atom. The average Bonchev–Trinajstić information content (AvgIpc) is 2.12. The van der Waals surface area contributed by atoms with Crippen LogP contribution in [0.5, 0.6) is 0 Å². The molecular weight excluding hydrogens is 202 g/mol. The molecule has 0 saturated carbocycles. The summed E-state index contributed by atoms with van der Waals surface area (Å²) in [6.07, 6.45) is 2.07. The number of rotatable bonds is 1. The van der Waals surface area contributed by atoms with Crippen LogP contribution in [0.4, 0.5) is 0 Å². The van der Waals surface area contributed by atoms with Crippen LogP contribution in [0.1, 0.15) is 12.8 Å². The fourth-order valence-electron chi connectivity index (χ4n) is 0.895. The minimum atomic E-state index is -0.0255. The first kappa shape index (κ1) is 9.46. The summed E-state index contributed by atoms with van der Waals surface area (Å²) in [5.41, 5.74) is 0. The molecule has 0 spiro atoms. The summed E-state index contributed by atoms with van der Waals surface area (Å²) >= 11 is 3.69. The molecule has 0 bridgehead atoms. The molecule has 1 aliphatic rings. The molecule has 1 heterocycles. The largest absolute Gasteiger partial charge is 0.307 e. The van der Waals surface area contributed by atoms with Crippen LogP contribution >= 0.6 is 29.6 Å². The van der Waals surface area contributed by atoms with E-state index in [1.807, 2.05) is 0 Å². The standard InChI is InChI=1S/C5H9NOS.BrH/c7-5(8)4-2-1-3-6-4;/h4,6H,1-3H2,(H,7,8);1H/t4-;/m0./s1. The third-order valence-electron chi connectivity index (χ3n) is 1.36. The number of carbonyl (C=O) groups is 1. The topological polar surface area (TPSA) is 29.1 Å². The van der Waals surface area contributed by atoms with Crippen molar-refractivity contribution in [2.24, 2.45) is 0 Å². The second kappa shape index (κ2) is 4.30. The van der Waals surface area contributed by atoms with Crippen molar-refractivity contribution in [2.75, 3.05) is 6.54 Å². The van der Waals surface area contributed by atoms with E-state index in [4.69, 9.17) is 0 Å². The zero-order valence-electron chi connectivity index (χ0n) is 4.96. The Morgan fingerprint density at radius 2 is 2.33 bits per heavy atom. The molecule has 0 aromatic rings. The Labute approximate surface area is 70.6 Å². The summed E-state index contributed by atoms with van der Waals surface area (Å²) in [6.45, 7) is 0.969. The molecule has 0 unspecified atom stereocenters. The highest BCUT2D eigenvalue weighted by Crippen LogP contribution is 2.06. The van der Waals surface area contributed by atoms with Crippen LogP contribution < -0.4 is 5.32 Å². The molecule has 0 amide bonds. The fraction of sp³-hybridized carbons (Fsp3) is 0.800. The van der Waals surface area contributed by atoms with E-state index in [2.05, 4.69) is 17.9 Å². The van der Waals surface area contributed by atoms with Gasteiger partial charge in [0.25, 0.3) is 0 Å². The zero-order valence-corrected chi connectivity index (χ0v) is 7.57. The molecule has 1 N–H and O–H groups in total. The molecule has 2 nitrogen and oxygen atoms in total. The Kier molecular flexibility index (Phi) is 4.52. The normalized spacial score (nSPS) is 25.2. The lowest BCUT2D eigenvalue weighted by molar-refractivity contribution is -0.112. The maximum atomic E-state index is 10.4. The molecule has 54 valence electrons. The third kappa shape index (κ3) is 2.69. The van der Waals surface area contributed by atoms with Gasteiger partial charge in [-0.05, 0) is 19.4 Å². The molecule has 1 fully saturated rings. The van der Waals surface area contributed by atoms with Gasteiger partial charge in [0.2, 0.25) is 5.12 Å². The minimum Gasteiger partial charge on any atom is -0.307 e. The van der Waals surface area contributed by atoms with Crippen LogP contribution in [0.2, 0.25) is 0 Å². The Morgan fingerprint density at radius 1 is 1.67 bits per heavy atom. The first-order valence-electron chi connectivity index (χ1n) is 2.77. The van der Waals surface area contributed by atoms with Gasteiger partial charge in [-0.1, -0.05) is 0 Å². The van der Waals surface area contributed by atoms with Crippen LogP contribution in [0, 0.1) is 0 Å². The maximum absolute atomic E-state index is 10.4. The van der Waals surface area contributed by atoms with Crippen molar-refractivity contribution in [3.05, 3.63) is 0 Å². The van der Waals surface area contributed by atoms with E-state index in [9.17, 15) is 4.79 Å². The predicted molar refractivity (Wildman–Crippen MR) is 45.3 cm³/mol. The molecule has 1 saturated heterocycles. The van der Waals surface area contributed by atoms with E-state index in [-0.39, 0.29) is 28.1 Å². The SMILES string of the molecule is Br.O=C(S)[C@@H]1CCCN1. The molecule has 0 aromatic heterocycles. The second-order valence-corrected chi connectivity index (χ2v) is 2.43. The highest BCUT2D eigenvalue weighted by Gasteiger charge is 2.18.